The normalized spacial score (nSPS) is 16.4. The first-order chi connectivity index (χ1) is 11.6. The number of aryl methyl sites for hydroxylation is 1. The zero-order chi connectivity index (χ0) is 16.8. The van der Waals surface area contributed by atoms with Crippen molar-refractivity contribution in [3.63, 3.8) is 0 Å². The molecule has 122 valence electrons. The van der Waals surface area contributed by atoms with Crippen molar-refractivity contribution in [1.29, 1.82) is 0 Å². The Morgan fingerprint density at radius 2 is 1.88 bits per heavy atom. The molecule has 7 nitrogen and oxygen atoms in total. The quantitative estimate of drug-likeness (QED) is 0.774. The van der Waals surface area contributed by atoms with Crippen LogP contribution < -0.4 is 0 Å². The molecule has 0 unspecified atom stereocenters. The third-order valence-corrected chi connectivity index (χ3v) is 4.56. The van der Waals surface area contributed by atoms with Crippen LogP contribution in [0.1, 0.15) is 37.7 Å². The first kappa shape index (κ1) is 14.6. The highest BCUT2D eigenvalue weighted by Gasteiger charge is 2.37. The Balaban J connectivity index is 1.50. The minimum Gasteiger partial charge on any atom is -0.359 e. The van der Waals surface area contributed by atoms with Crippen molar-refractivity contribution in [1.82, 2.24) is 15.0 Å². The van der Waals surface area contributed by atoms with Crippen LogP contribution in [0.2, 0.25) is 0 Å². The fourth-order valence-corrected chi connectivity index (χ4v) is 3.21. The van der Waals surface area contributed by atoms with Crippen LogP contribution in [0.25, 0.3) is 0 Å². The van der Waals surface area contributed by atoms with Crippen LogP contribution in [0, 0.1) is 6.92 Å². The van der Waals surface area contributed by atoms with E-state index in [1.165, 1.54) is 0 Å². The number of imide groups is 1. The lowest BCUT2D eigenvalue weighted by molar-refractivity contribution is -0.132. The van der Waals surface area contributed by atoms with Crippen molar-refractivity contribution in [3.05, 3.63) is 52.4 Å². The van der Waals surface area contributed by atoms with Crippen molar-refractivity contribution < 1.29 is 18.9 Å². The first-order valence-corrected chi connectivity index (χ1v) is 7.73. The van der Waals surface area contributed by atoms with Crippen molar-refractivity contribution in [2.24, 2.45) is 0 Å². The summed E-state index contributed by atoms with van der Waals surface area (Å²) in [7, 11) is 0. The molecule has 0 radical (unpaired) electrons. The molecule has 0 bridgehead atoms. The van der Waals surface area contributed by atoms with Gasteiger partial charge in [-0.3, -0.25) is 19.3 Å². The van der Waals surface area contributed by atoms with E-state index in [-0.39, 0.29) is 12.5 Å². The fourth-order valence-electron chi connectivity index (χ4n) is 3.21. The number of amides is 3. The number of carbonyl (C=O) groups excluding carboxylic acids is 3. The highest BCUT2D eigenvalue weighted by molar-refractivity contribution is 6.22. The van der Waals surface area contributed by atoms with Crippen LogP contribution in [0.15, 0.2) is 28.8 Å². The molecule has 2 aliphatic heterocycles. The van der Waals surface area contributed by atoms with Gasteiger partial charge in [0.15, 0.2) is 5.76 Å². The minimum atomic E-state index is -0.419. The zero-order valence-corrected chi connectivity index (χ0v) is 13.1. The summed E-state index contributed by atoms with van der Waals surface area (Å²) in [4.78, 5) is 39.8. The number of benzene rings is 1. The van der Waals surface area contributed by atoms with Gasteiger partial charge in [0.25, 0.3) is 11.8 Å². The molecule has 24 heavy (non-hydrogen) atoms. The molecule has 0 aliphatic carbocycles. The third kappa shape index (κ3) is 2.12. The van der Waals surface area contributed by atoms with Crippen molar-refractivity contribution in [3.8, 4) is 0 Å². The molecule has 2 aliphatic rings. The molecular weight excluding hydrogens is 310 g/mol. The van der Waals surface area contributed by atoms with Gasteiger partial charge in [-0.25, -0.2) is 0 Å². The number of nitrogens with zero attached hydrogens (tertiary/aromatic N) is 3. The second-order valence-electron chi connectivity index (χ2n) is 5.98. The van der Waals surface area contributed by atoms with E-state index in [1.807, 2.05) is 6.92 Å². The SMILES string of the molecule is Cc1noc2c1CCN(C(=O)CN1C(=O)c3ccccc3C1=O)C2. The number of hydrogen-bond acceptors (Lipinski definition) is 5. The van der Waals surface area contributed by atoms with Gasteiger partial charge < -0.3 is 9.42 Å². The molecule has 0 N–H and O–H groups in total. The summed E-state index contributed by atoms with van der Waals surface area (Å²) in [6.07, 6.45) is 0.665. The van der Waals surface area contributed by atoms with Gasteiger partial charge in [0.2, 0.25) is 5.91 Å². The van der Waals surface area contributed by atoms with E-state index in [0.717, 1.165) is 16.2 Å². The van der Waals surface area contributed by atoms with Gasteiger partial charge >= 0.3 is 0 Å². The van der Waals surface area contributed by atoms with Gasteiger partial charge in [0, 0.05) is 12.1 Å². The fraction of sp³-hybridized carbons (Fsp3) is 0.294. The minimum absolute atomic E-state index is 0.255. The molecule has 7 heteroatoms. The molecule has 4 rings (SSSR count). The lowest BCUT2D eigenvalue weighted by Gasteiger charge is -2.27. The summed E-state index contributed by atoms with van der Waals surface area (Å²) in [6, 6.07) is 6.61. The topological polar surface area (TPSA) is 83.7 Å². The Labute approximate surface area is 137 Å². The molecule has 0 saturated heterocycles. The van der Waals surface area contributed by atoms with Crippen molar-refractivity contribution >= 4 is 17.7 Å². The van der Waals surface area contributed by atoms with E-state index in [1.54, 1.807) is 29.2 Å². The second-order valence-corrected chi connectivity index (χ2v) is 5.98. The third-order valence-electron chi connectivity index (χ3n) is 4.56. The van der Waals surface area contributed by atoms with Crippen molar-refractivity contribution in [2.45, 2.75) is 19.9 Å². The molecule has 2 aromatic rings. The molecule has 0 spiro atoms. The number of hydrogen-bond donors (Lipinski definition) is 0. The van der Waals surface area contributed by atoms with E-state index in [4.69, 9.17) is 4.52 Å². The summed E-state index contributed by atoms with van der Waals surface area (Å²) in [5, 5.41) is 3.91. The highest BCUT2D eigenvalue weighted by Crippen LogP contribution is 2.24. The lowest BCUT2D eigenvalue weighted by Crippen LogP contribution is -2.44. The Bertz CT molecular complexity index is 835. The molecule has 3 amide bonds. The van der Waals surface area contributed by atoms with Crippen molar-refractivity contribution in [2.75, 3.05) is 13.1 Å². The summed E-state index contributed by atoms with van der Waals surface area (Å²) < 4.78 is 5.24. The molecule has 0 fully saturated rings. The highest BCUT2D eigenvalue weighted by atomic mass is 16.5. The number of fused-ring (bicyclic) bond motifs is 2. The van der Waals surface area contributed by atoms with Crippen LogP contribution in [0.4, 0.5) is 0 Å². The first-order valence-electron chi connectivity index (χ1n) is 7.73. The summed E-state index contributed by atoms with van der Waals surface area (Å²) >= 11 is 0. The second kappa shape index (κ2) is 5.30. The van der Waals surface area contributed by atoms with Gasteiger partial charge in [-0.2, -0.15) is 0 Å². The number of rotatable bonds is 2. The maximum Gasteiger partial charge on any atom is 0.262 e. The van der Waals surface area contributed by atoms with Crippen LogP contribution in [-0.4, -0.2) is 45.8 Å². The Morgan fingerprint density at radius 1 is 1.21 bits per heavy atom. The lowest BCUT2D eigenvalue weighted by atomic mass is 10.1. The average molecular weight is 325 g/mol. The molecule has 1 aromatic heterocycles. The van der Waals surface area contributed by atoms with Gasteiger partial charge in [-0.05, 0) is 25.5 Å². The number of carbonyl (C=O) groups is 3. The molecule has 1 aromatic carbocycles. The summed E-state index contributed by atoms with van der Waals surface area (Å²) in [5.74, 6) is -0.437. The molecule has 3 heterocycles. The predicted octanol–water partition coefficient (Wildman–Crippen LogP) is 1.16. The molecule has 0 saturated carbocycles. The average Bonchev–Trinajstić information content (AvgIpc) is 3.08. The Kier molecular flexibility index (Phi) is 3.23. The van der Waals surface area contributed by atoms with E-state index in [0.29, 0.717) is 36.4 Å². The van der Waals surface area contributed by atoms with Crippen LogP contribution in [0.5, 0.6) is 0 Å². The van der Waals surface area contributed by atoms with Crippen LogP contribution in [0.3, 0.4) is 0 Å². The number of aromatic nitrogens is 1. The van der Waals surface area contributed by atoms with Gasteiger partial charge in [-0.1, -0.05) is 17.3 Å². The largest absolute Gasteiger partial charge is 0.359 e. The molecular formula is C17H15N3O4. The zero-order valence-electron chi connectivity index (χ0n) is 13.1. The van der Waals surface area contributed by atoms with Crippen LogP contribution >= 0.6 is 0 Å². The van der Waals surface area contributed by atoms with E-state index < -0.39 is 11.8 Å². The standard InChI is InChI=1S/C17H15N3O4/c1-10-11-6-7-19(8-14(11)24-18-10)15(21)9-20-16(22)12-4-2-3-5-13(12)17(20)23/h2-5H,6-9H2,1H3. The van der Waals surface area contributed by atoms with E-state index >= 15 is 0 Å². The predicted molar refractivity (Wildman–Crippen MR) is 82.2 cm³/mol. The van der Waals surface area contributed by atoms with Crippen LogP contribution in [-0.2, 0) is 17.8 Å². The Hall–Kier alpha value is -2.96. The van der Waals surface area contributed by atoms with E-state index in [2.05, 4.69) is 5.16 Å². The molecule has 0 atom stereocenters. The van der Waals surface area contributed by atoms with Gasteiger partial charge in [-0.15, -0.1) is 0 Å². The van der Waals surface area contributed by atoms with Gasteiger partial charge in [0.05, 0.1) is 23.4 Å². The van der Waals surface area contributed by atoms with Gasteiger partial charge in [0.1, 0.15) is 6.54 Å². The summed E-state index contributed by atoms with van der Waals surface area (Å²) in [6.45, 7) is 2.46. The van der Waals surface area contributed by atoms with E-state index in [9.17, 15) is 14.4 Å². The summed E-state index contributed by atoms with van der Waals surface area (Å²) in [5.41, 5.74) is 2.58. The smallest absolute Gasteiger partial charge is 0.262 e. The maximum absolute atomic E-state index is 12.5. The monoisotopic (exact) mass is 325 g/mol. The Morgan fingerprint density at radius 3 is 2.54 bits per heavy atom. The maximum atomic E-state index is 12.5.